The standard InChI is InChI=1S/C13H15ClF3NO/c1-19-12-9(13(15,16)17)6-8(7-10(12)14)11-4-2-3-5-18-11/h6-7,11,18H,2-5H2,1H3. The summed E-state index contributed by atoms with van der Waals surface area (Å²) in [4.78, 5) is 0. The van der Waals surface area contributed by atoms with Gasteiger partial charge < -0.3 is 10.1 Å². The van der Waals surface area contributed by atoms with Crippen molar-refractivity contribution in [1.82, 2.24) is 5.32 Å². The van der Waals surface area contributed by atoms with Crippen LogP contribution in [-0.4, -0.2) is 13.7 Å². The highest BCUT2D eigenvalue weighted by Gasteiger charge is 2.36. The number of nitrogens with one attached hydrogen (secondary N) is 1. The summed E-state index contributed by atoms with van der Waals surface area (Å²) in [6.45, 7) is 0.815. The molecular formula is C13H15ClF3NO. The molecule has 6 heteroatoms. The maximum Gasteiger partial charge on any atom is 0.420 e. The molecule has 0 amide bonds. The van der Waals surface area contributed by atoms with E-state index < -0.39 is 11.7 Å². The number of methoxy groups -OCH3 is 1. The van der Waals surface area contributed by atoms with Crippen LogP contribution in [0.15, 0.2) is 12.1 Å². The van der Waals surface area contributed by atoms with Crippen molar-refractivity contribution >= 4 is 11.6 Å². The van der Waals surface area contributed by atoms with Crippen LogP contribution in [-0.2, 0) is 6.18 Å². The molecule has 0 radical (unpaired) electrons. The summed E-state index contributed by atoms with van der Waals surface area (Å²) < 4.78 is 43.8. The lowest BCUT2D eigenvalue weighted by molar-refractivity contribution is -0.138. The van der Waals surface area contributed by atoms with E-state index in [1.165, 1.54) is 7.11 Å². The van der Waals surface area contributed by atoms with E-state index in [1.807, 2.05) is 0 Å². The highest BCUT2D eigenvalue weighted by Crippen LogP contribution is 2.42. The molecule has 1 fully saturated rings. The van der Waals surface area contributed by atoms with Crippen molar-refractivity contribution in [2.75, 3.05) is 13.7 Å². The minimum absolute atomic E-state index is 0.000279. The van der Waals surface area contributed by atoms with Crippen LogP contribution in [0.3, 0.4) is 0 Å². The second kappa shape index (κ2) is 5.59. The molecule has 1 aliphatic heterocycles. The molecule has 19 heavy (non-hydrogen) atoms. The van der Waals surface area contributed by atoms with Crippen molar-refractivity contribution in [3.05, 3.63) is 28.3 Å². The van der Waals surface area contributed by atoms with E-state index in [4.69, 9.17) is 16.3 Å². The Balaban J connectivity index is 2.43. The van der Waals surface area contributed by atoms with Crippen molar-refractivity contribution in [2.24, 2.45) is 0 Å². The molecular weight excluding hydrogens is 279 g/mol. The van der Waals surface area contributed by atoms with Crippen molar-refractivity contribution in [2.45, 2.75) is 31.5 Å². The summed E-state index contributed by atoms with van der Waals surface area (Å²) in [6.07, 6.45) is -1.60. The number of benzene rings is 1. The van der Waals surface area contributed by atoms with Gasteiger partial charge in [-0.25, -0.2) is 0 Å². The second-order valence-corrected chi connectivity index (χ2v) is 4.99. The Hall–Kier alpha value is -0.940. The first-order valence-corrected chi connectivity index (χ1v) is 6.49. The van der Waals surface area contributed by atoms with Crippen LogP contribution in [0, 0.1) is 0 Å². The van der Waals surface area contributed by atoms with Gasteiger partial charge in [-0.3, -0.25) is 0 Å². The van der Waals surface area contributed by atoms with Gasteiger partial charge in [0.05, 0.1) is 17.7 Å². The van der Waals surface area contributed by atoms with E-state index in [1.54, 1.807) is 6.07 Å². The lowest BCUT2D eigenvalue weighted by Crippen LogP contribution is -2.27. The van der Waals surface area contributed by atoms with Crippen molar-refractivity contribution < 1.29 is 17.9 Å². The minimum Gasteiger partial charge on any atom is -0.495 e. The molecule has 0 aromatic heterocycles. The SMILES string of the molecule is COc1c(Cl)cc(C2CCCCN2)cc1C(F)(F)F. The van der Waals surface area contributed by atoms with Crippen molar-refractivity contribution in [3.8, 4) is 5.75 Å². The second-order valence-electron chi connectivity index (χ2n) is 4.58. The molecule has 1 atom stereocenters. The normalized spacial score (nSPS) is 20.4. The third-order valence-corrected chi connectivity index (χ3v) is 3.57. The fourth-order valence-corrected chi connectivity index (χ4v) is 2.67. The largest absolute Gasteiger partial charge is 0.495 e. The van der Waals surface area contributed by atoms with E-state index in [2.05, 4.69) is 5.32 Å². The molecule has 0 bridgehead atoms. The Kier molecular flexibility index (Phi) is 4.26. The predicted octanol–water partition coefficient (Wildman–Crippen LogP) is 4.18. The third-order valence-electron chi connectivity index (χ3n) is 3.29. The molecule has 0 aliphatic carbocycles. The number of hydrogen-bond donors (Lipinski definition) is 1. The van der Waals surface area contributed by atoms with Crippen molar-refractivity contribution in [3.63, 3.8) is 0 Å². The first kappa shape index (κ1) is 14.5. The monoisotopic (exact) mass is 293 g/mol. The van der Waals surface area contributed by atoms with Crippen LogP contribution < -0.4 is 10.1 Å². The number of ether oxygens (including phenoxy) is 1. The Labute approximate surface area is 114 Å². The number of rotatable bonds is 2. The molecule has 0 saturated carbocycles. The molecule has 1 aromatic carbocycles. The van der Waals surface area contributed by atoms with Gasteiger partial charge in [0.25, 0.3) is 0 Å². The number of piperidine rings is 1. The lowest BCUT2D eigenvalue weighted by Gasteiger charge is -2.25. The average Bonchev–Trinajstić information content (AvgIpc) is 2.37. The predicted molar refractivity (Wildman–Crippen MR) is 67.6 cm³/mol. The Morgan fingerprint density at radius 2 is 2.05 bits per heavy atom. The lowest BCUT2D eigenvalue weighted by atomic mass is 9.95. The highest BCUT2D eigenvalue weighted by molar-refractivity contribution is 6.32. The molecule has 2 nitrogen and oxygen atoms in total. The number of halogens is 4. The number of hydrogen-bond acceptors (Lipinski definition) is 2. The molecule has 1 aromatic rings. The molecule has 0 spiro atoms. The zero-order chi connectivity index (χ0) is 14.0. The number of alkyl halides is 3. The highest BCUT2D eigenvalue weighted by atomic mass is 35.5. The van der Waals surface area contributed by atoms with Gasteiger partial charge in [-0.1, -0.05) is 18.0 Å². The van der Waals surface area contributed by atoms with Crippen LogP contribution in [0.5, 0.6) is 5.75 Å². The Morgan fingerprint density at radius 3 is 2.58 bits per heavy atom. The first-order valence-electron chi connectivity index (χ1n) is 6.11. The molecule has 1 heterocycles. The fourth-order valence-electron chi connectivity index (χ4n) is 2.37. The van der Waals surface area contributed by atoms with Gasteiger partial charge in [0.15, 0.2) is 0 Å². The van der Waals surface area contributed by atoms with Gasteiger partial charge in [-0.15, -0.1) is 0 Å². The maximum absolute atomic E-state index is 13.0. The smallest absolute Gasteiger partial charge is 0.420 e. The molecule has 2 rings (SSSR count). The van der Waals surface area contributed by atoms with Crippen LogP contribution in [0.4, 0.5) is 13.2 Å². The summed E-state index contributed by atoms with van der Waals surface area (Å²) in [5.74, 6) is -0.311. The van der Waals surface area contributed by atoms with Gasteiger partial charge in [0.1, 0.15) is 5.75 Å². The molecule has 1 unspecified atom stereocenters. The average molecular weight is 294 g/mol. The maximum atomic E-state index is 13.0. The van der Waals surface area contributed by atoms with Crippen LogP contribution in [0.1, 0.15) is 36.4 Å². The van der Waals surface area contributed by atoms with E-state index >= 15 is 0 Å². The molecule has 1 aliphatic rings. The van der Waals surface area contributed by atoms with E-state index in [0.717, 1.165) is 31.9 Å². The summed E-state index contributed by atoms with van der Waals surface area (Å²) in [5, 5.41) is 3.21. The van der Waals surface area contributed by atoms with E-state index in [9.17, 15) is 13.2 Å². The summed E-state index contributed by atoms with van der Waals surface area (Å²) in [5.41, 5.74) is -0.248. The Morgan fingerprint density at radius 1 is 1.32 bits per heavy atom. The molecule has 1 N–H and O–H groups in total. The zero-order valence-electron chi connectivity index (χ0n) is 10.5. The van der Waals surface area contributed by atoms with Gasteiger partial charge in [0, 0.05) is 6.04 Å². The zero-order valence-corrected chi connectivity index (χ0v) is 11.2. The van der Waals surface area contributed by atoms with Gasteiger partial charge in [-0.2, -0.15) is 13.2 Å². The van der Waals surface area contributed by atoms with Crippen LogP contribution in [0.25, 0.3) is 0 Å². The minimum atomic E-state index is -4.47. The van der Waals surface area contributed by atoms with Gasteiger partial charge >= 0.3 is 6.18 Å². The summed E-state index contributed by atoms with van der Waals surface area (Å²) in [6, 6.07) is 2.62. The molecule has 1 saturated heterocycles. The van der Waals surface area contributed by atoms with Crippen molar-refractivity contribution in [1.29, 1.82) is 0 Å². The van der Waals surface area contributed by atoms with E-state index in [0.29, 0.717) is 5.56 Å². The van der Waals surface area contributed by atoms with Gasteiger partial charge in [-0.05, 0) is 37.1 Å². The third kappa shape index (κ3) is 3.15. The summed E-state index contributed by atoms with van der Waals surface area (Å²) in [7, 11) is 1.19. The Bertz CT molecular complexity index is 456. The first-order chi connectivity index (χ1) is 8.93. The fraction of sp³-hybridized carbons (Fsp3) is 0.538. The van der Waals surface area contributed by atoms with Crippen LogP contribution in [0.2, 0.25) is 5.02 Å². The topological polar surface area (TPSA) is 21.3 Å². The quantitative estimate of drug-likeness (QED) is 0.883. The summed E-state index contributed by atoms with van der Waals surface area (Å²) >= 11 is 5.91. The molecule has 106 valence electrons. The van der Waals surface area contributed by atoms with Crippen LogP contribution >= 0.6 is 11.6 Å². The van der Waals surface area contributed by atoms with Gasteiger partial charge in [0.2, 0.25) is 0 Å². The van der Waals surface area contributed by atoms with E-state index in [-0.39, 0.29) is 16.8 Å².